The highest BCUT2D eigenvalue weighted by Crippen LogP contribution is 1.96. The van der Waals surface area contributed by atoms with Crippen molar-refractivity contribution in [2.45, 2.75) is 37.5 Å². The van der Waals surface area contributed by atoms with Crippen molar-refractivity contribution in [3.8, 4) is 0 Å². The summed E-state index contributed by atoms with van der Waals surface area (Å²) in [5.41, 5.74) is 10.4. The van der Waals surface area contributed by atoms with Crippen LogP contribution in [0.3, 0.4) is 0 Å². The molecule has 0 aromatic rings. The second-order valence-electron chi connectivity index (χ2n) is 5.33. The third-order valence-corrected chi connectivity index (χ3v) is 3.88. The summed E-state index contributed by atoms with van der Waals surface area (Å²) in [6.45, 7) is 1.30. The van der Waals surface area contributed by atoms with E-state index in [4.69, 9.17) is 16.6 Å². The molecule has 0 radical (unpaired) electrons. The molecule has 13 heteroatoms. The molecule has 26 heavy (non-hydrogen) atoms. The van der Waals surface area contributed by atoms with E-state index >= 15 is 0 Å². The molecule has 4 atom stereocenters. The summed E-state index contributed by atoms with van der Waals surface area (Å²) in [4.78, 5) is 57.6. The summed E-state index contributed by atoms with van der Waals surface area (Å²) >= 11 is 7.83. The number of carbonyl (C=O) groups is 5. The Labute approximate surface area is 160 Å². The van der Waals surface area contributed by atoms with Gasteiger partial charge in [0.25, 0.3) is 0 Å². The van der Waals surface area contributed by atoms with Gasteiger partial charge in [-0.15, -0.1) is 0 Å². The van der Waals surface area contributed by atoms with E-state index in [1.807, 2.05) is 0 Å². The highest BCUT2D eigenvalue weighted by atomic mass is 32.1. The van der Waals surface area contributed by atoms with Crippen molar-refractivity contribution in [2.75, 3.05) is 11.5 Å². The summed E-state index contributed by atoms with van der Waals surface area (Å²) < 4.78 is 0. The third-order valence-electron chi connectivity index (χ3n) is 3.12. The Bertz CT molecular complexity index is 561. The average molecular weight is 409 g/mol. The molecule has 0 fully saturated rings. The molecule has 0 aliphatic rings. The van der Waals surface area contributed by atoms with Crippen molar-refractivity contribution in [1.29, 1.82) is 0 Å². The van der Waals surface area contributed by atoms with E-state index in [2.05, 4.69) is 41.2 Å². The van der Waals surface area contributed by atoms with Gasteiger partial charge >= 0.3 is 5.97 Å². The lowest BCUT2D eigenvalue weighted by molar-refractivity contribution is -0.143. The lowest BCUT2D eigenvalue weighted by Gasteiger charge is -2.22. The first kappa shape index (κ1) is 24.0. The van der Waals surface area contributed by atoms with Crippen molar-refractivity contribution < 1.29 is 29.1 Å². The molecule has 0 spiro atoms. The summed E-state index contributed by atoms with van der Waals surface area (Å²) in [6.07, 6.45) is -0.599. The third kappa shape index (κ3) is 8.40. The minimum Gasteiger partial charge on any atom is -0.480 e. The molecule has 11 nitrogen and oxygen atoms in total. The Balaban J connectivity index is 4.79. The van der Waals surface area contributed by atoms with Gasteiger partial charge in [-0.3, -0.25) is 19.2 Å². The van der Waals surface area contributed by atoms with Crippen LogP contribution in [-0.2, 0) is 24.0 Å². The van der Waals surface area contributed by atoms with Gasteiger partial charge in [0.15, 0.2) is 0 Å². The molecule has 0 bridgehead atoms. The Morgan fingerprint density at radius 3 is 1.88 bits per heavy atom. The fraction of sp³-hybridized carbons (Fsp3) is 0.615. The van der Waals surface area contributed by atoms with Crippen molar-refractivity contribution in [3.63, 3.8) is 0 Å². The number of nitrogens with two attached hydrogens (primary N) is 2. The van der Waals surface area contributed by atoms with Gasteiger partial charge in [-0.25, -0.2) is 4.79 Å². The number of aliphatic carboxylic acids is 1. The average Bonchev–Trinajstić information content (AvgIpc) is 2.56. The van der Waals surface area contributed by atoms with Crippen LogP contribution in [0.5, 0.6) is 0 Å². The summed E-state index contributed by atoms with van der Waals surface area (Å²) in [5.74, 6) is -4.53. The van der Waals surface area contributed by atoms with Crippen LogP contribution in [0, 0.1) is 0 Å². The van der Waals surface area contributed by atoms with Crippen LogP contribution < -0.4 is 27.4 Å². The number of rotatable bonds is 11. The van der Waals surface area contributed by atoms with Gasteiger partial charge in [0, 0.05) is 11.5 Å². The molecule has 4 amide bonds. The predicted molar refractivity (Wildman–Crippen MR) is 98.6 cm³/mol. The monoisotopic (exact) mass is 409 g/mol. The fourth-order valence-electron chi connectivity index (χ4n) is 1.63. The highest BCUT2D eigenvalue weighted by molar-refractivity contribution is 7.80. The van der Waals surface area contributed by atoms with Crippen LogP contribution in [0.25, 0.3) is 0 Å². The number of primary amides is 1. The normalized spacial score (nSPS) is 15.1. The molecular formula is C13H23N5O6S2. The zero-order valence-electron chi connectivity index (χ0n) is 14.0. The number of hydrogen-bond donors (Lipinski definition) is 8. The zero-order chi connectivity index (χ0) is 20.4. The molecule has 0 heterocycles. The lowest BCUT2D eigenvalue weighted by Crippen LogP contribution is -2.57. The van der Waals surface area contributed by atoms with Crippen LogP contribution in [0.4, 0.5) is 0 Å². The maximum absolute atomic E-state index is 12.1. The van der Waals surface area contributed by atoms with Crippen LogP contribution in [0.1, 0.15) is 13.3 Å². The van der Waals surface area contributed by atoms with Gasteiger partial charge in [-0.1, -0.05) is 0 Å². The largest absolute Gasteiger partial charge is 0.480 e. The van der Waals surface area contributed by atoms with Crippen LogP contribution >= 0.6 is 25.3 Å². The molecule has 0 rings (SSSR count). The molecular weight excluding hydrogens is 386 g/mol. The summed E-state index contributed by atoms with van der Waals surface area (Å²) in [5, 5.41) is 15.7. The standard InChI is InChI=1S/C13H23N5O6S2/c1-5(10(20)17-7(13(23)24)2-9(15)19)16-12(22)8(4-26)18-11(21)6(14)3-25/h5-8,25-26H,2-4,14H2,1H3,(H2,15,19)(H,16,22)(H,17,20)(H,18,21)(H,23,24). The first-order chi connectivity index (χ1) is 12.0. The first-order valence-corrected chi connectivity index (χ1v) is 8.69. The first-order valence-electron chi connectivity index (χ1n) is 7.43. The lowest BCUT2D eigenvalue weighted by atomic mass is 10.1. The Hall–Kier alpha value is -1.99. The van der Waals surface area contributed by atoms with Gasteiger partial charge in [0.2, 0.25) is 23.6 Å². The minimum absolute atomic E-state index is 0.0649. The number of carbonyl (C=O) groups excluding carboxylic acids is 4. The molecule has 0 aromatic carbocycles. The molecule has 148 valence electrons. The number of amides is 4. The zero-order valence-corrected chi connectivity index (χ0v) is 15.8. The summed E-state index contributed by atoms with van der Waals surface area (Å²) in [6, 6.07) is -4.64. The predicted octanol–water partition coefficient (Wildman–Crippen LogP) is -3.39. The van der Waals surface area contributed by atoms with E-state index in [1.54, 1.807) is 0 Å². The van der Waals surface area contributed by atoms with Crippen molar-refractivity contribution in [2.24, 2.45) is 11.5 Å². The minimum atomic E-state index is -1.52. The van der Waals surface area contributed by atoms with Crippen LogP contribution in [0.2, 0.25) is 0 Å². The smallest absolute Gasteiger partial charge is 0.326 e. The summed E-state index contributed by atoms with van der Waals surface area (Å²) in [7, 11) is 0. The quantitative estimate of drug-likeness (QED) is 0.163. The molecule has 0 aromatic heterocycles. The van der Waals surface area contributed by atoms with Gasteiger partial charge < -0.3 is 32.5 Å². The number of carboxylic acid groups (broad SMARTS) is 1. The Morgan fingerprint density at radius 1 is 0.923 bits per heavy atom. The van der Waals surface area contributed by atoms with E-state index in [0.717, 1.165) is 0 Å². The van der Waals surface area contributed by atoms with Crippen LogP contribution in [-0.4, -0.2) is 70.4 Å². The number of carboxylic acids is 1. The molecule has 0 saturated carbocycles. The van der Waals surface area contributed by atoms with E-state index in [-0.39, 0.29) is 11.5 Å². The molecule has 8 N–H and O–H groups in total. The second kappa shape index (κ2) is 11.6. The topological polar surface area (TPSA) is 194 Å². The molecule has 0 saturated heterocycles. The van der Waals surface area contributed by atoms with Gasteiger partial charge in [0.05, 0.1) is 12.5 Å². The Morgan fingerprint density at radius 2 is 1.46 bits per heavy atom. The van der Waals surface area contributed by atoms with E-state index in [1.165, 1.54) is 6.92 Å². The van der Waals surface area contributed by atoms with Crippen LogP contribution in [0.15, 0.2) is 0 Å². The SMILES string of the molecule is CC(NC(=O)C(CS)NC(=O)C(N)CS)C(=O)NC(CC(N)=O)C(=O)O. The van der Waals surface area contributed by atoms with Crippen molar-refractivity contribution in [3.05, 3.63) is 0 Å². The second-order valence-corrected chi connectivity index (χ2v) is 6.06. The van der Waals surface area contributed by atoms with Gasteiger partial charge in [0.1, 0.15) is 18.1 Å². The van der Waals surface area contributed by atoms with E-state index in [9.17, 15) is 24.0 Å². The van der Waals surface area contributed by atoms with Gasteiger partial charge in [-0.2, -0.15) is 25.3 Å². The Kier molecular flexibility index (Phi) is 10.7. The molecule has 0 aliphatic carbocycles. The maximum Gasteiger partial charge on any atom is 0.326 e. The van der Waals surface area contributed by atoms with Crippen molar-refractivity contribution >= 4 is 54.9 Å². The number of hydrogen-bond acceptors (Lipinski definition) is 8. The number of thiol groups is 2. The molecule has 4 unspecified atom stereocenters. The van der Waals surface area contributed by atoms with E-state index in [0.29, 0.717) is 0 Å². The van der Waals surface area contributed by atoms with E-state index < -0.39 is 60.2 Å². The highest BCUT2D eigenvalue weighted by Gasteiger charge is 2.28. The van der Waals surface area contributed by atoms with Gasteiger partial charge in [-0.05, 0) is 6.92 Å². The fourth-order valence-corrected chi connectivity index (χ4v) is 2.06. The number of nitrogens with one attached hydrogen (secondary N) is 3. The maximum atomic E-state index is 12.1. The van der Waals surface area contributed by atoms with Crippen molar-refractivity contribution in [1.82, 2.24) is 16.0 Å². The molecule has 0 aliphatic heterocycles.